The van der Waals surface area contributed by atoms with E-state index in [1.54, 1.807) is 32.2 Å². The molecular weight excluding hydrogens is 296 g/mol. The van der Waals surface area contributed by atoms with Gasteiger partial charge in [0.15, 0.2) is 0 Å². The Bertz CT molecular complexity index is 496. The van der Waals surface area contributed by atoms with E-state index >= 15 is 0 Å². The fraction of sp³-hybridized carbons (Fsp3) is 0.385. The van der Waals surface area contributed by atoms with Gasteiger partial charge in [0.1, 0.15) is 11.2 Å². The van der Waals surface area contributed by atoms with Crippen LogP contribution in [-0.2, 0) is 4.79 Å². The molecule has 1 unspecified atom stereocenters. The number of methoxy groups -OCH3 is 1. The van der Waals surface area contributed by atoms with Crippen LogP contribution in [0.15, 0.2) is 22.7 Å². The molecule has 18 heavy (non-hydrogen) atoms. The summed E-state index contributed by atoms with van der Waals surface area (Å²) in [7, 11) is 1.55. The maximum atomic E-state index is 12.0. The molecule has 0 aliphatic rings. The van der Waals surface area contributed by atoms with Gasteiger partial charge in [0.25, 0.3) is 0 Å². The lowest BCUT2D eigenvalue weighted by atomic mass is 9.88. The summed E-state index contributed by atoms with van der Waals surface area (Å²) in [4.78, 5) is 12.0. The van der Waals surface area contributed by atoms with Crippen molar-refractivity contribution in [2.24, 2.45) is 5.41 Å². The smallest absolute Gasteiger partial charge is 0.244 e. The lowest BCUT2D eigenvalue weighted by molar-refractivity contribution is -0.122. The number of hydrogen-bond acceptors (Lipinski definition) is 3. The highest BCUT2D eigenvalue weighted by Crippen LogP contribution is 2.29. The number of hydrogen-bond donors (Lipinski definition) is 1. The molecule has 1 atom stereocenters. The van der Waals surface area contributed by atoms with Gasteiger partial charge in [0, 0.05) is 11.8 Å². The van der Waals surface area contributed by atoms with Crippen molar-refractivity contribution in [2.75, 3.05) is 12.4 Å². The highest BCUT2D eigenvalue weighted by Gasteiger charge is 2.31. The molecule has 0 fully saturated rings. The third-order valence-corrected chi connectivity index (χ3v) is 3.52. The fourth-order valence-electron chi connectivity index (χ4n) is 1.30. The van der Waals surface area contributed by atoms with Crippen LogP contribution >= 0.6 is 15.9 Å². The topological polar surface area (TPSA) is 62.1 Å². The maximum Gasteiger partial charge on any atom is 0.244 e. The Kier molecular flexibility index (Phi) is 4.74. The van der Waals surface area contributed by atoms with Crippen LogP contribution in [0.5, 0.6) is 5.75 Å². The maximum absolute atomic E-state index is 12.0. The van der Waals surface area contributed by atoms with Gasteiger partial charge in [-0.3, -0.25) is 4.79 Å². The van der Waals surface area contributed by atoms with E-state index in [1.807, 2.05) is 13.0 Å². The highest BCUT2D eigenvalue weighted by atomic mass is 79.9. The summed E-state index contributed by atoms with van der Waals surface area (Å²) < 4.78 is 5.95. The molecule has 0 radical (unpaired) electrons. The van der Waals surface area contributed by atoms with E-state index in [4.69, 9.17) is 10.00 Å². The molecule has 1 aromatic rings. The van der Waals surface area contributed by atoms with Gasteiger partial charge in [0.05, 0.1) is 17.7 Å². The summed E-state index contributed by atoms with van der Waals surface area (Å²) in [6.07, 6.45) is 0.461. The molecule has 4 nitrogen and oxygen atoms in total. The molecule has 0 aliphatic carbocycles. The van der Waals surface area contributed by atoms with Crippen LogP contribution in [0.2, 0.25) is 0 Å². The first-order valence-corrected chi connectivity index (χ1v) is 6.32. The van der Waals surface area contributed by atoms with Crippen LogP contribution in [0.25, 0.3) is 0 Å². The Morgan fingerprint density at radius 2 is 2.28 bits per heavy atom. The lowest BCUT2D eigenvalue weighted by Gasteiger charge is -2.18. The standard InChI is InChI=1S/C13H15BrN2O2/c1-4-13(2,8-15)12(17)16-9-5-6-10(14)11(7-9)18-3/h5-7H,4H2,1-3H3,(H,16,17). The molecule has 1 aromatic carbocycles. The fourth-order valence-corrected chi connectivity index (χ4v) is 1.71. The zero-order valence-electron chi connectivity index (χ0n) is 10.6. The highest BCUT2D eigenvalue weighted by molar-refractivity contribution is 9.10. The van der Waals surface area contributed by atoms with E-state index in [-0.39, 0.29) is 5.91 Å². The van der Waals surface area contributed by atoms with Crippen LogP contribution in [0.4, 0.5) is 5.69 Å². The molecule has 0 heterocycles. The Balaban J connectivity index is 2.93. The van der Waals surface area contributed by atoms with Crippen molar-refractivity contribution in [3.63, 3.8) is 0 Å². The SMILES string of the molecule is CCC(C)(C#N)C(=O)Nc1ccc(Br)c(OC)c1. The predicted molar refractivity (Wildman–Crippen MR) is 73.3 cm³/mol. The number of carbonyl (C=O) groups excluding carboxylic acids is 1. The van der Waals surface area contributed by atoms with Gasteiger partial charge in [0.2, 0.25) is 5.91 Å². The summed E-state index contributed by atoms with van der Waals surface area (Å²) in [5.74, 6) is 0.319. The predicted octanol–water partition coefficient (Wildman–Crippen LogP) is 3.34. The van der Waals surface area contributed by atoms with Gasteiger partial charge in [-0.1, -0.05) is 6.92 Å². The number of nitrogens with zero attached hydrogens (tertiary/aromatic N) is 1. The first kappa shape index (κ1) is 14.5. The zero-order chi connectivity index (χ0) is 13.8. The zero-order valence-corrected chi connectivity index (χ0v) is 12.2. The van der Waals surface area contributed by atoms with Crippen LogP contribution in [0.1, 0.15) is 20.3 Å². The molecule has 1 rings (SSSR count). The number of ether oxygens (including phenoxy) is 1. The Hall–Kier alpha value is -1.54. The van der Waals surface area contributed by atoms with E-state index in [0.717, 1.165) is 4.47 Å². The minimum atomic E-state index is -1.01. The minimum Gasteiger partial charge on any atom is -0.495 e. The van der Waals surface area contributed by atoms with E-state index in [0.29, 0.717) is 17.9 Å². The van der Waals surface area contributed by atoms with Crippen molar-refractivity contribution in [1.82, 2.24) is 0 Å². The second kappa shape index (κ2) is 5.87. The number of nitriles is 1. The Labute approximate surface area is 115 Å². The number of amides is 1. The third-order valence-electron chi connectivity index (χ3n) is 2.86. The van der Waals surface area contributed by atoms with E-state index in [9.17, 15) is 4.79 Å². The summed E-state index contributed by atoms with van der Waals surface area (Å²) in [6, 6.07) is 7.27. The van der Waals surface area contributed by atoms with Gasteiger partial charge in [-0.2, -0.15) is 5.26 Å². The van der Waals surface area contributed by atoms with Gasteiger partial charge in [-0.15, -0.1) is 0 Å². The van der Waals surface area contributed by atoms with Crippen LogP contribution < -0.4 is 10.1 Å². The van der Waals surface area contributed by atoms with Crippen molar-refractivity contribution in [2.45, 2.75) is 20.3 Å². The molecule has 0 bridgehead atoms. The molecule has 0 spiro atoms. The summed E-state index contributed by atoms with van der Waals surface area (Å²) in [5, 5.41) is 11.8. The Morgan fingerprint density at radius 3 is 2.78 bits per heavy atom. The van der Waals surface area contributed by atoms with Gasteiger partial charge >= 0.3 is 0 Å². The number of halogens is 1. The van der Waals surface area contributed by atoms with E-state index in [2.05, 4.69) is 21.2 Å². The second-order valence-electron chi connectivity index (χ2n) is 4.10. The van der Waals surface area contributed by atoms with Gasteiger partial charge in [-0.25, -0.2) is 0 Å². The summed E-state index contributed by atoms with van der Waals surface area (Å²) in [5.41, 5.74) is -0.407. The molecule has 0 saturated heterocycles. The van der Waals surface area contributed by atoms with Gasteiger partial charge < -0.3 is 10.1 Å². The average molecular weight is 311 g/mol. The largest absolute Gasteiger partial charge is 0.495 e. The number of anilines is 1. The monoisotopic (exact) mass is 310 g/mol. The number of benzene rings is 1. The van der Waals surface area contributed by atoms with Crippen LogP contribution in [-0.4, -0.2) is 13.0 Å². The lowest BCUT2D eigenvalue weighted by Crippen LogP contribution is -2.31. The van der Waals surface area contributed by atoms with Crippen molar-refractivity contribution < 1.29 is 9.53 Å². The van der Waals surface area contributed by atoms with Crippen molar-refractivity contribution in [3.05, 3.63) is 22.7 Å². The molecule has 1 amide bonds. The average Bonchev–Trinajstić information content (AvgIpc) is 2.39. The molecule has 96 valence electrons. The summed E-state index contributed by atoms with van der Waals surface area (Å²) >= 11 is 3.33. The molecule has 1 N–H and O–H groups in total. The van der Waals surface area contributed by atoms with Crippen LogP contribution in [0.3, 0.4) is 0 Å². The third kappa shape index (κ3) is 3.02. The number of rotatable bonds is 4. The summed E-state index contributed by atoms with van der Waals surface area (Å²) in [6.45, 7) is 3.43. The quantitative estimate of drug-likeness (QED) is 0.927. The molecule has 5 heteroatoms. The molecule has 0 saturated carbocycles. The van der Waals surface area contributed by atoms with E-state index < -0.39 is 5.41 Å². The molecular formula is C13H15BrN2O2. The van der Waals surface area contributed by atoms with E-state index in [1.165, 1.54) is 0 Å². The first-order valence-electron chi connectivity index (χ1n) is 5.53. The number of carbonyl (C=O) groups is 1. The Morgan fingerprint density at radius 1 is 1.61 bits per heavy atom. The van der Waals surface area contributed by atoms with Gasteiger partial charge in [-0.05, 0) is 41.4 Å². The van der Waals surface area contributed by atoms with Crippen molar-refractivity contribution in [3.8, 4) is 11.8 Å². The molecule has 0 aromatic heterocycles. The number of nitrogens with one attached hydrogen (secondary N) is 1. The minimum absolute atomic E-state index is 0.308. The van der Waals surface area contributed by atoms with Crippen molar-refractivity contribution >= 4 is 27.5 Å². The second-order valence-corrected chi connectivity index (χ2v) is 4.96. The normalized spacial score (nSPS) is 13.3. The van der Waals surface area contributed by atoms with Crippen LogP contribution in [0, 0.1) is 16.7 Å². The first-order chi connectivity index (χ1) is 8.46. The molecule has 0 aliphatic heterocycles. The van der Waals surface area contributed by atoms with Crippen molar-refractivity contribution in [1.29, 1.82) is 5.26 Å².